The summed E-state index contributed by atoms with van der Waals surface area (Å²) in [5, 5.41) is 15.4. The Kier molecular flexibility index (Phi) is 7.97. The van der Waals surface area contributed by atoms with Gasteiger partial charge < -0.3 is 4.74 Å². The lowest BCUT2D eigenvalue weighted by atomic mass is 10.2. The zero-order chi connectivity index (χ0) is 24.7. The summed E-state index contributed by atoms with van der Waals surface area (Å²) in [4.78, 5) is 23.4. The van der Waals surface area contributed by atoms with Crippen LogP contribution < -0.4 is 14.5 Å². The first-order chi connectivity index (χ1) is 16.2. The minimum Gasteiger partial charge on any atom is -0.496 e. The van der Waals surface area contributed by atoms with E-state index in [2.05, 4.69) is 26.5 Å². The molecular formula is C22H19BrN4O6S. The summed E-state index contributed by atoms with van der Waals surface area (Å²) in [6.45, 7) is -0.741. The van der Waals surface area contributed by atoms with E-state index in [1.165, 1.54) is 61.9 Å². The van der Waals surface area contributed by atoms with Gasteiger partial charge in [0.25, 0.3) is 21.6 Å². The fraction of sp³-hybridized carbons (Fsp3) is 0.0909. The van der Waals surface area contributed by atoms with E-state index in [1.54, 1.807) is 24.3 Å². The average molecular weight is 547 g/mol. The third-order valence-corrected chi connectivity index (χ3v) is 6.82. The number of nitro groups is 1. The van der Waals surface area contributed by atoms with Gasteiger partial charge in [-0.2, -0.15) is 5.10 Å². The summed E-state index contributed by atoms with van der Waals surface area (Å²) < 4.78 is 33.3. The van der Waals surface area contributed by atoms with Gasteiger partial charge in [-0.05, 0) is 36.4 Å². The van der Waals surface area contributed by atoms with Crippen molar-refractivity contribution in [1.82, 2.24) is 5.43 Å². The Morgan fingerprint density at radius 1 is 1.15 bits per heavy atom. The Labute approximate surface area is 204 Å². The summed E-state index contributed by atoms with van der Waals surface area (Å²) >= 11 is 3.33. The van der Waals surface area contributed by atoms with Gasteiger partial charge in [-0.3, -0.25) is 14.9 Å². The molecule has 0 heterocycles. The van der Waals surface area contributed by atoms with Crippen molar-refractivity contribution in [1.29, 1.82) is 0 Å². The lowest BCUT2D eigenvalue weighted by Gasteiger charge is -2.23. The highest BCUT2D eigenvalue weighted by Crippen LogP contribution is 2.32. The molecule has 12 heteroatoms. The SMILES string of the molecule is COc1ccc(Br)cc1/C=N\NC(=O)CN(c1ccccc1[N+](=O)[O-])S(=O)(=O)c1ccccc1. The highest BCUT2D eigenvalue weighted by atomic mass is 79.9. The van der Waals surface area contributed by atoms with E-state index in [4.69, 9.17) is 4.74 Å². The zero-order valence-electron chi connectivity index (χ0n) is 17.8. The Morgan fingerprint density at radius 2 is 1.82 bits per heavy atom. The van der Waals surface area contributed by atoms with Gasteiger partial charge >= 0.3 is 0 Å². The normalized spacial score (nSPS) is 11.2. The van der Waals surface area contributed by atoms with Gasteiger partial charge in [-0.15, -0.1) is 0 Å². The molecule has 0 saturated heterocycles. The van der Waals surface area contributed by atoms with Crippen LogP contribution in [0.2, 0.25) is 0 Å². The Hall–Kier alpha value is -3.77. The molecule has 0 unspecified atom stereocenters. The van der Waals surface area contributed by atoms with E-state index in [0.29, 0.717) is 15.6 Å². The van der Waals surface area contributed by atoms with Crippen molar-refractivity contribution in [2.45, 2.75) is 4.90 Å². The first-order valence-corrected chi connectivity index (χ1v) is 11.9. The minimum absolute atomic E-state index is 0.122. The van der Waals surface area contributed by atoms with Crippen LogP contribution in [0.5, 0.6) is 5.75 Å². The number of nitrogens with zero attached hydrogens (tertiary/aromatic N) is 3. The molecule has 0 atom stereocenters. The molecule has 3 aromatic carbocycles. The molecule has 0 aromatic heterocycles. The van der Waals surface area contributed by atoms with E-state index in [-0.39, 0.29) is 10.6 Å². The molecule has 0 radical (unpaired) electrons. The van der Waals surface area contributed by atoms with E-state index < -0.39 is 33.1 Å². The van der Waals surface area contributed by atoms with Crippen molar-refractivity contribution in [2.75, 3.05) is 18.0 Å². The first-order valence-electron chi connectivity index (χ1n) is 9.70. The number of methoxy groups -OCH3 is 1. The number of halogens is 1. The lowest BCUT2D eigenvalue weighted by Crippen LogP contribution is -2.39. The van der Waals surface area contributed by atoms with Crippen LogP contribution in [0.15, 0.2) is 87.3 Å². The fourth-order valence-corrected chi connectivity index (χ4v) is 4.83. The summed E-state index contributed by atoms with van der Waals surface area (Å²) in [7, 11) is -2.82. The molecule has 0 fully saturated rings. The number of ether oxygens (including phenoxy) is 1. The maximum Gasteiger partial charge on any atom is 0.293 e. The quantitative estimate of drug-likeness (QED) is 0.247. The van der Waals surface area contributed by atoms with Crippen LogP contribution in [-0.4, -0.2) is 39.1 Å². The van der Waals surface area contributed by atoms with E-state index in [1.807, 2.05) is 0 Å². The maximum atomic E-state index is 13.3. The predicted molar refractivity (Wildman–Crippen MR) is 131 cm³/mol. The molecule has 0 spiro atoms. The van der Waals surface area contributed by atoms with Crippen molar-refractivity contribution in [2.24, 2.45) is 5.10 Å². The molecule has 0 bridgehead atoms. The van der Waals surface area contributed by atoms with Crippen molar-refractivity contribution in [3.8, 4) is 5.75 Å². The van der Waals surface area contributed by atoms with Crippen LogP contribution in [0.1, 0.15) is 5.56 Å². The number of para-hydroxylation sites is 2. The lowest BCUT2D eigenvalue weighted by molar-refractivity contribution is -0.384. The Morgan fingerprint density at radius 3 is 2.50 bits per heavy atom. The molecule has 0 aliphatic carbocycles. The number of hydrogen-bond donors (Lipinski definition) is 1. The number of benzene rings is 3. The van der Waals surface area contributed by atoms with E-state index in [9.17, 15) is 23.3 Å². The van der Waals surface area contributed by atoms with Gasteiger partial charge in [0.2, 0.25) is 0 Å². The molecule has 34 heavy (non-hydrogen) atoms. The summed E-state index contributed by atoms with van der Waals surface area (Å²) in [6, 6.07) is 17.8. The van der Waals surface area contributed by atoms with Crippen LogP contribution in [0.3, 0.4) is 0 Å². The second kappa shape index (κ2) is 10.9. The molecule has 10 nitrogen and oxygen atoms in total. The standard InChI is InChI=1S/C22H19BrN4O6S/c1-33-21-12-11-17(23)13-16(21)14-24-25-22(28)15-26(19-9-5-6-10-20(19)27(29)30)34(31,32)18-7-3-2-4-8-18/h2-14H,15H2,1H3,(H,25,28)/b24-14-. The fourth-order valence-electron chi connectivity index (χ4n) is 2.99. The van der Waals surface area contributed by atoms with Crippen molar-refractivity contribution < 1.29 is 22.9 Å². The molecule has 0 aliphatic rings. The van der Waals surface area contributed by atoms with Gasteiger partial charge in [0.05, 0.1) is 23.1 Å². The average Bonchev–Trinajstić information content (AvgIpc) is 2.83. The number of anilines is 1. The number of hydrogen-bond acceptors (Lipinski definition) is 7. The van der Waals surface area contributed by atoms with Crippen LogP contribution in [-0.2, 0) is 14.8 Å². The molecule has 3 rings (SSSR count). The number of amides is 1. The van der Waals surface area contributed by atoms with Crippen molar-refractivity contribution in [3.63, 3.8) is 0 Å². The van der Waals surface area contributed by atoms with Crippen LogP contribution in [0.4, 0.5) is 11.4 Å². The molecular weight excluding hydrogens is 528 g/mol. The molecule has 176 valence electrons. The third-order valence-electron chi connectivity index (χ3n) is 4.55. The van der Waals surface area contributed by atoms with Crippen LogP contribution in [0, 0.1) is 10.1 Å². The van der Waals surface area contributed by atoms with Crippen molar-refractivity contribution in [3.05, 3.63) is 92.9 Å². The second-order valence-electron chi connectivity index (χ2n) is 6.75. The zero-order valence-corrected chi connectivity index (χ0v) is 20.2. The summed E-state index contributed by atoms with van der Waals surface area (Å²) in [5.41, 5.74) is 2.11. The Balaban J connectivity index is 1.92. The Bertz CT molecular complexity index is 1330. The number of rotatable bonds is 9. The van der Waals surface area contributed by atoms with Crippen molar-refractivity contribution >= 4 is 49.4 Å². The summed E-state index contributed by atoms with van der Waals surface area (Å²) in [5.74, 6) is -0.294. The van der Waals surface area contributed by atoms with Gasteiger partial charge in [-0.1, -0.05) is 46.3 Å². The highest BCUT2D eigenvalue weighted by molar-refractivity contribution is 9.10. The number of nitro benzene ring substituents is 1. The van der Waals surface area contributed by atoms with E-state index in [0.717, 1.165) is 4.47 Å². The van der Waals surface area contributed by atoms with Gasteiger partial charge in [0, 0.05) is 16.1 Å². The smallest absolute Gasteiger partial charge is 0.293 e. The number of carbonyl (C=O) groups is 1. The molecule has 3 aromatic rings. The summed E-state index contributed by atoms with van der Waals surface area (Å²) in [6.07, 6.45) is 1.34. The van der Waals surface area contributed by atoms with Crippen LogP contribution >= 0.6 is 15.9 Å². The molecule has 0 aliphatic heterocycles. The molecule has 1 N–H and O–H groups in total. The van der Waals surface area contributed by atoms with Gasteiger partial charge in [0.15, 0.2) is 0 Å². The third kappa shape index (κ3) is 5.77. The van der Waals surface area contributed by atoms with Gasteiger partial charge in [-0.25, -0.2) is 18.1 Å². The number of sulfonamides is 1. The maximum absolute atomic E-state index is 13.3. The second-order valence-corrected chi connectivity index (χ2v) is 9.53. The first kappa shape index (κ1) is 24.9. The predicted octanol–water partition coefficient (Wildman–Crippen LogP) is 3.71. The molecule has 1 amide bonds. The topological polar surface area (TPSA) is 131 Å². The van der Waals surface area contributed by atoms with E-state index >= 15 is 0 Å². The molecule has 0 saturated carbocycles. The number of nitrogens with one attached hydrogen (secondary N) is 1. The minimum atomic E-state index is -4.31. The van der Waals surface area contributed by atoms with Gasteiger partial charge in [0.1, 0.15) is 18.0 Å². The van der Waals surface area contributed by atoms with Crippen LogP contribution in [0.25, 0.3) is 0 Å². The highest BCUT2D eigenvalue weighted by Gasteiger charge is 2.31. The largest absolute Gasteiger partial charge is 0.496 e. The number of carbonyl (C=O) groups excluding carboxylic acids is 1. The monoisotopic (exact) mass is 546 g/mol. The number of hydrazone groups is 1.